The molecule has 3 aromatic carbocycles. The highest BCUT2D eigenvalue weighted by atomic mass is 127. The second-order valence-corrected chi connectivity index (χ2v) is 11.2. The number of carbonyl (C=O) groups is 2. The number of imide groups is 1. The number of thioether (sulfide) groups is 1. The summed E-state index contributed by atoms with van der Waals surface area (Å²) in [6.07, 6.45) is 1.71. The van der Waals surface area contributed by atoms with Gasteiger partial charge in [0.15, 0.2) is 11.5 Å². The zero-order valence-corrected chi connectivity index (χ0v) is 25.0. The van der Waals surface area contributed by atoms with Crippen molar-refractivity contribution in [2.45, 2.75) is 27.4 Å². The predicted octanol–water partition coefficient (Wildman–Crippen LogP) is 7.65. The van der Waals surface area contributed by atoms with E-state index in [2.05, 4.69) is 22.6 Å². The monoisotopic (exact) mass is 663 g/mol. The van der Waals surface area contributed by atoms with E-state index in [1.807, 2.05) is 75.4 Å². The van der Waals surface area contributed by atoms with Crippen LogP contribution in [0, 0.1) is 17.4 Å². The van der Waals surface area contributed by atoms with Crippen LogP contribution in [-0.2, 0) is 11.4 Å². The Bertz CT molecular complexity index is 1390. The van der Waals surface area contributed by atoms with Crippen molar-refractivity contribution >= 4 is 63.2 Å². The van der Waals surface area contributed by atoms with E-state index in [-0.39, 0.29) is 30.9 Å². The molecule has 0 spiro atoms. The lowest BCUT2D eigenvalue weighted by Gasteiger charge is -2.15. The molecule has 1 aliphatic heterocycles. The van der Waals surface area contributed by atoms with Crippen LogP contribution in [0.4, 0.5) is 4.79 Å². The second-order valence-electron chi connectivity index (χ2n) is 8.59. The molecule has 1 saturated heterocycles. The lowest BCUT2D eigenvalue weighted by atomic mass is 10.1. The number of rotatable bonds is 10. The second kappa shape index (κ2) is 12.9. The fourth-order valence-electron chi connectivity index (χ4n) is 3.79. The zero-order chi connectivity index (χ0) is 27.2. The molecule has 38 heavy (non-hydrogen) atoms. The van der Waals surface area contributed by atoms with Crippen LogP contribution in [0.5, 0.6) is 17.2 Å². The number of nitrogens with zero attached hydrogens (tertiary/aromatic N) is 1. The minimum Gasteiger partial charge on any atom is -0.491 e. The molecular formula is C29H27ClINO5S. The number of hydrogen-bond acceptors (Lipinski definition) is 6. The quantitative estimate of drug-likeness (QED) is 0.164. The third kappa shape index (κ3) is 6.84. The van der Waals surface area contributed by atoms with Gasteiger partial charge in [0.1, 0.15) is 19.0 Å². The van der Waals surface area contributed by atoms with Crippen LogP contribution in [0.15, 0.2) is 59.5 Å². The van der Waals surface area contributed by atoms with Gasteiger partial charge in [0.25, 0.3) is 11.1 Å². The van der Waals surface area contributed by atoms with E-state index in [4.69, 9.17) is 25.8 Å². The minimum absolute atomic E-state index is 0.173. The standard InChI is InChI=1S/C29H27ClINO5S/c1-4-35-25-15-20(14-23(31)27(25)37-17-21-7-5-6-8-22(21)30)16-26-28(33)32(29(34)38-26)11-12-36-24-13-18(2)9-10-19(24)3/h5-10,13-16H,4,11-12,17H2,1-3H3/b26-16-. The van der Waals surface area contributed by atoms with Gasteiger partial charge in [0.05, 0.1) is 21.6 Å². The normalized spacial score (nSPS) is 14.3. The topological polar surface area (TPSA) is 65.1 Å². The van der Waals surface area contributed by atoms with Gasteiger partial charge in [-0.25, -0.2) is 0 Å². The van der Waals surface area contributed by atoms with Crippen LogP contribution in [0.1, 0.15) is 29.2 Å². The van der Waals surface area contributed by atoms with Gasteiger partial charge >= 0.3 is 0 Å². The Balaban J connectivity index is 1.47. The summed E-state index contributed by atoms with van der Waals surface area (Å²) in [7, 11) is 0. The molecule has 1 heterocycles. The number of benzene rings is 3. The summed E-state index contributed by atoms with van der Waals surface area (Å²) < 4.78 is 18.6. The minimum atomic E-state index is -0.337. The third-order valence-electron chi connectivity index (χ3n) is 5.75. The predicted molar refractivity (Wildman–Crippen MR) is 160 cm³/mol. The van der Waals surface area contributed by atoms with Gasteiger partial charge in [-0.1, -0.05) is 41.9 Å². The van der Waals surface area contributed by atoms with Crippen molar-refractivity contribution < 1.29 is 23.8 Å². The van der Waals surface area contributed by atoms with E-state index in [1.165, 1.54) is 4.90 Å². The molecule has 0 N–H and O–H groups in total. The van der Waals surface area contributed by atoms with Gasteiger partial charge in [-0.05, 0) is 102 Å². The van der Waals surface area contributed by atoms with Crippen LogP contribution in [0.2, 0.25) is 5.02 Å². The Kier molecular flexibility index (Phi) is 9.62. The van der Waals surface area contributed by atoms with Crippen molar-refractivity contribution in [2.75, 3.05) is 19.8 Å². The van der Waals surface area contributed by atoms with Gasteiger partial charge in [-0.3, -0.25) is 14.5 Å². The molecular weight excluding hydrogens is 637 g/mol. The lowest BCUT2D eigenvalue weighted by Crippen LogP contribution is -2.32. The Labute approximate surface area is 245 Å². The van der Waals surface area contributed by atoms with Crippen molar-refractivity contribution in [1.82, 2.24) is 4.90 Å². The maximum atomic E-state index is 13.0. The Morgan fingerprint density at radius 2 is 1.79 bits per heavy atom. The Morgan fingerprint density at radius 1 is 1.00 bits per heavy atom. The first kappa shape index (κ1) is 28.3. The van der Waals surface area contributed by atoms with E-state index < -0.39 is 0 Å². The number of carbonyl (C=O) groups excluding carboxylic acids is 2. The van der Waals surface area contributed by atoms with Gasteiger partial charge in [0, 0.05) is 10.6 Å². The molecule has 0 aliphatic carbocycles. The van der Waals surface area contributed by atoms with Crippen molar-refractivity contribution in [3.05, 3.63) is 90.3 Å². The molecule has 6 nitrogen and oxygen atoms in total. The first-order valence-corrected chi connectivity index (χ1v) is 14.3. The maximum Gasteiger partial charge on any atom is 0.293 e. The molecule has 0 unspecified atom stereocenters. The lowest BCUT2D eigenvalue weighted by molar-refractivity contribution is -0.123. The van der Waals surface area contributed by atoms with E-state index in [1.54, 1.807) is 6.08 Å². The van der Waals surface area contributed by atoms with E-state index in [0.717, 1.165) is 43.3 Å². The molecule has 198 valence electrons. The first-order valence-electron chi connectivity index (χ1n) is 12.0. The van der Waals surface area contributed by atoms with Gasteiger partial charge in [0.2, 0.25) is 0 Å². The summed E-state index contributed by atoms with van der Waals surface area (Å²) in [4.78, 5) is 27.2. The van der Waals surface area contributed by atoms with Gasteiger partial charge < -0.3 is 14.2 Å². The van der Waals surface area contributed by atoms with E-state index in [0.29, 0.717) is 28.0 Å². The zero-order valence-electron chi connectivity index (χ0n) is 21.3. The molecule has 1 aliphatic rings. The van der Waals surface area contributed by atoms with Crippen molar-refractivity contribution in [3.63, 3.8) is 0 Å². The molecule has 0 aromatic heterocycles. The van der Waals surface area contributed by atoms with E-state index >= 15 is 0 Å². The van der Waals surface area contributed by atoms with Crippen LogP contribution >= 0.6 is 46.0 Å². The molecule has 3 aromatic rings. The molecule has 2 amide bonds. The fourth-order valence-corrected chi connectivity index (χ4v) is 5.63. The van der Waals surface area contributed by atoms with Crippen LogP contribution < -0.4 is 14.2 Å². The first-order chi connectivity index (χ1) is 18.3. The summed E-state index contributed by atoms with van der Waals surface area (Å²) in [5, 5.41) is 0.317. The van der Waals surface area contributed by atoms with Crippen molar-refractivity contribution in [1.29, 1.82) is 0 Å². The smallest absolute Gasteiger partial charge is 0.293 e. The van der Waals surface area contributed by atoms with Gasteiger partial charge in [-0.15, -0.1) is 0 Å². The number of amides is 2. The summed E-state index contributed by atoms with van der Waals surface area (Å²) in [5.41, 5.74) is 3.69. The highest BCUT2D eigenvalue weighted by molar-refractivity contribution is 14.1. The summed E-state index contributed by atoms with van der Waals surface area (Å²) >= 11 is 9.37. The largest absolute Gasteiger partial charge is 0.491 e. The Hall–Kier alpha value is -2.69. The maximum absolute atomic E-state index is 13.0. The van der Waals surface area contributed by atoms with Crippen LogP contribution in [0.25, 0.3) is 6.08 Å². The SMILES string of the molecule is CCOc1cc(/C=C2\SC(=O)N(CCOc3cc(C)ccc3C)C2=O)cc(I)c1OCc1ccccc1Cl. The van der Waals surface area contributed by atoms with Crippen LogP contribution in [-0.4, -0.2) is 35.8 Å². The van der Waals surface area contributed by atoms with E-state index in [9.17, 15) is 9.59 Å². The number of halogens is 2. The molecule has 0 atom stereocenters. The highest BCUT2D eigenvalue weighted by Crippen LogP contribution is 2.38. The average Bonchev–Trinajstić information content (AvgIpc) is 3.14. The van der Waals surface area contributed by atoms with Crippen LogP contribution in [0.3, 0.4) is 0 Å². The molecule has 0 radical (unpaired) electrons. The summed E-state index contributed by atoms with van der Waals surface area (Å²) in [5.74, 6) is 1.57. The van der Waals surface area contributed by atoms with Crippen molar-refractivity contribution in [2.24, 2.45) is 0 Å². The molecule has 1 fully saturated rings. The summed E-state index contributed by atoms with van der Waals surface area (Å²) in [6.45, 7) is 6.97. The third-order valence-corrected chi connectivity index (χ3v) is 7.83. The molecule has 0 saturated carbocycles. The Morgan fingerprint density at radius 3 is 2.55 bits per heavy atom. The number of hydrogen-bond donors (Lipinski definition) is 0. The summed E-state index contributed by atoms with van der Waals surface area (Å²) in [6, 6.07) is 17.2. The molecule has 4 rings (SSSR count). The van der Waals surface area contributed by atoms with Gasteiger partial charge in [-0.2, -0.15) is 0 Å². The number of aryl methyl sites for hydroxylation is 2. The average molecular weight is 664 g/mol. The highest BCUT2D eigenvalue weighted by Gasteiger charge is 2.35. The number of ether oxygens (including phenoxy) is 3. The van der Waals surface area contributed by atoms with Crippen molar-refractivity contribution in [3.8, 4) is 17.2 Å². The fraction of sp³-hybridized carbons (Fsp3) is 0.241. The molecule has 9 heteroatoms. The molecule has 0 bridgehead atoms.